The average Bonchev–Trinajstić information content (AvgIpc) is 3.55. The number of aromatic nitrogens is 5. The Morgan fingerprint density at radius 2 is 1.76 bits per heavy atom. The maximum atomic E-state index is 13.6. The number of halogens is 3. The van der Waals surface area contributed by atoms with Crippen LogP contribution in [0.25, 0.3) is 16.9 Å². The molecule has 0 aliphatic carbocycles. The highest BCUT2D eigenvalue weighted by atomic mass is 32.2. The fourth-order valence-electron chi connectivity index (χ4n) is 4.56. The number of nitrogens with one attached hydrogen (secondary N) is 2. The van der Waals surface area contributed by atoms with Crippen LogP contribution in [-0.4, -0.2) is 39.2 Å². The lowest BCUT2D eigenvalue weighted by molar-refractivity contribution is -0.137. The maximum absolute atomic E-state index is 13.6. The molecule has 0 aliphatic heterocycles. The molecule has 3 heterocycles. The highest BCUT2D eigenvalue weighted by Gasteiger charge is 2.31. The molecule has 256 valence electrons. The minimum absolute atomic E-state index is 0.00114. The summed E-state index contributed by atoms with van der Waals surface area (Å²) in [5, 5.41) is 5.71. The third-order valence-electron chi connectivity index (χ3n) is 7.04. The van der Waals surface area contributed by atoms with Crippen molar-refractivity contribution >= 4 is 34.6 Å². The van der Waals surface area contributed by atoms with E-state index in [0.717, 1.165) is 28.8 Å². The van der Waals surface area contributed by atoms with Crippen LogP contribution in [0.1, 0.15) is 32.7 Å². The Morgan fingerprint density at radius 3 is 2.44 bits per heavy atom. The zero-order chi connectivity index (χ0) is 35.7. The van der Waals surface area contributed by atoms with E-state index in [-0.39, 0.29) is 23.5 Å². The molecule has 0 spiro atoms. The molecule has 6 aromatic rings. The van der Waals surface area contributed by atoms with Gasteiger partial charge in [-0.25, -0.2) is 19.2 Å². The SMILES string of the molecule is Cc1cn(-c2cc(NC(=O)c3ccc(C)c(Nc4nccc(-c5cccnc5)n4)c3)cc(C(F)(F)F)c2)cn1.O=S([O-])OCc1ccccc1. The number of amides is 1. The molecule has 3 aromatic carbocycles. The molecule has 50 heavy (non-hydrogen) atoms. The molecule has 11 nitrogen and oxygen atoms in total. The van der Waals surface area contributed by atoms with Gasteiger partial charge in [0.25, 0.3) is 5.91 Å². The van der Waals surface area contributed by atoms with E-state index in [1.54, 1.807) is 74.2 Å². The summed E-state index contributed by atoms with van der Waals surface area (Å²) in [6.07, 6.45) is 3.38. The van der Waals surface area contributed by atoms with Crippen LogP contribution in [0.3, 0.4) is 0 Å². The molecule has 0 radical (unpaired) electrons. The lowest BCUT2D eigenvalue weighted by Gasteiger charge is -2.14. The summed E-state index contributed by atoms with van der Waals surface area (Å²) in [5.41, 5.74) is 3.94. The average molecular weight is 701 g/mol. The van der Waals surface area contributed by atoms with E-state index in [1.165, 1.54) is 17.0 Å². The zero-order valence-electron chi connectivity index (χ0n) is 26.6. The van der Waals surface area contributed by atoms with Gasteiger partial charge in [-0.1, -0.05) is 36.4 Å². The highest BCUT2D eigenvalue weighted by Crippen LogP contribution is 2.33. The van der Waals surface area contributed by atoms with Crippen LogP contribution in [0.5, 0.6) is 0 Å². The summed E-state index contributed by atoms with van der Waals surface area (Å²) in [6, 6.07) is 22.8. The molecule has 0 aliphatic rings. The van der Waals surface area contributed by atoms with E-state index in [0.29, 0.717) is 23.0 Å². The quantitative estimate of drug-likeness (QED) is 0.148. The van der Waals surface area contributed by atoms with Gasteiger partial charge >= 0.3 is 6.18 Å². The molecule has 6 rings (SSSR count). The van der Waals surface area contributed by atoms with Gasteiger partial charge in [-0.2, -0.15) is 13.2 Å². The van der Waals surface area contributed by atoms with Crippen molar-refractivity contribution in [1.82, 2.24) is 24.5 Å². The molecular weight excluding hydrogens is 671 g/mol. The second-order valence-electron chi connectivity index (χ2n) is 10.8. The molecule has 3 aromatic heterocycles. The van der Waals surface area contributed by atoms with Crippen LogP contribution in [-0.2, 0) is 28.3 Å². The molecule has 1 unspecified atom stereocenters. The Morgan fingerprint density at radius 1 is 0.960 bits per heavy atom. The number of alkyl halides is 3. The van der Waals surface area contributed by atoms with E-state index < -0.39 is 29.0 Å². The van der Waals surface area contributed by atoms with Crippen molar-refractivity contribution in [1.29, 1.82) is 0 Å². The summed E-state index contributed by atoms with van der Waals surface area (Å²) in [4.78, 5) is 30.1. The molecule has 0 saturated heterocycles. The van der Waals surface area contributed by atoms with Crippen LogP contribution >= 0.6 is 0 Å². The van der Waals surface area contributed by atoms with E-state index >= 15 is 0 Å². The predicted molar refractivity (Wildman–Crippen MR) is 181 cm³/mol. The fraction of sp³-hybridized carbons (Fsp3) is 0.114. The van der Waals surface area contributed by atoms with Gasteiger partial charge in [-0.05, 0) is 73.5 Å². The van der Waals surface area contributed by atoms with Gasteiger partial charge < -0.3 is 19.8 Å². The molecular formula is C35H29F3N7O4S-. The van der Waals surface area contributed by atoms with Gasteiger partial charge in [-0.15, -0.1) is 0 Å². The largest absolute Gasteiger partial charge is 0.750 e. The number of anilines is 3. The monoisotopic (exact) mass is 700 g/mol. The van der Waals surface area contributed by atoms with Gasteiger partial charge in [0.2, 0.25) is 5.95 Å². The van der Waals surface area contributed by atoms with Crippen LogP contribution in [0, 0.1) is 13.8 Å². The van der Waals surface area contributed by atoms with Gasteiger partial charge in [0.15, 0.2) is 0 Å². The van der Waals surface area contributed by atoms with Crippen molar-refractivity contribution in [3.63, 3.8) is 0 Å². The number of imidazole rings is 1. The van der Waals surface area contributed by atoms with Crippen LogP contribution in [0.15, 0.2) is 116 Å². The minimum atomic E-state index is -4.60. The molecule has 1 amide bonds. The Bertz CT molecular complexity index is 2100. The first kappa shape index (κ1) is 35.5. The standard InChI is InChI=1S/C28H22F3N7O.C7H8O3S/c1-17-5-6-19(10-25(17)37-27-33-9-7-24(36-27)20-4-3-8-32-14-20)26(39)35-22-11-21(28(29,30)31)12-23(13-22)38-15-18(2)34-16-38;8-11(9)10-6-7-4-2-1-3-5-7/h3-16H,1-2H3,(H,35,39)(H,33,36,37);1-5H,6H2,(H,8,9)/p-1. The molecule has 0 bridgehead atoms. The first-order valence-electron chi connectivity index (χ1n) is 14.9. The van der Waals surface area contributed by atoms with Crippen molar-refractivity contribution in [3.05, 3.63) is 144 Å². The van der Waals surface area contributed by atoms with Crippen molar-refractivity contribution < 1.29 is 30.9 Å². The Hall–Kier alpha value is -5.77. The first-order chi connectivity index (χ1) is 23.9. The van der Waals surface area contributed by atoms with Crippen molar-refractivity contribution in [2.45, 2.75) is 26.6 Å². The van der Waals surface area contributed by atoms with E-state index in [1.807, 2.05) is 31.2 Å². The summed E-state index contributed by atoms with van der Waals surface area (Å²) < 4.78 is 66.5. The second-order valence-corrected chi connectivity index (χ2v) is 11.4. The fourth-order valence-corrected chi connectivity index (χ4v) is 4.80. The predicted octanol–water partition coefficient (Wildman–Crippen LogP) is 7.35. The maximum Gasteiger partial charge on any atom is 0.416 e. The first-order valence-corrected chi connectivity index (χ1v) is 15.9. The van der Waals surface area contributed by atoms with Gasteiger partial charge in [0.1, 0.15) is 0 Å². The van der Waals surface area contributed by atoms with Crippen molar-refractivity contribution in [2.24, 2.45) is 0 Å². The van der Waals surface area contributed by atoms with Gasteiger partial charge in [-0.3, -0.25) is 14.0 Å². The molecule has 1 atom stereocenters. The number of aryl methyl sites for hydroxylation is 2. The lowest BCUT2D eigenvalue weighted by atomic mass is 10.1. The third-order valence-corrected chi connectivity index (χ3v) is 7.35. The highest BCUT2D eigenvalue weighted by molar-refractivity contribution is 7.74. The van der Waals surface area contributed by atoms with Crippen LogP contribution in [0.4, 0.5) is 30.5 Å². The summed E-state index contributed by atoms with van der Waals surface area (Å²) >= 11 is -2.42. The van der Waals surface area contributed by atoms with Crippen molar-refractivity contribution in [2.75, 3.05) is 10.6 Å². The van der Waals surface area contributed by atoms with Crippen LogP contribution < -0.4 is 10.6 Å². The third kappa shape index (κ3) is 9.88. The second kappa shape index (κ2) is 16.1. The molecule has 0 saturated carbocycles. The number of nitrogens with zero attached hydrogens (tertiary/aromatic N) is 5. The zero-order valence-corrected chi connectivity index (χ0v) is 27.4. The Balaban J connectivity index is 0.000000377. The number of hydrogen-bond donors (Lipinski definition) is 2. The van der Waals surface area contributed by atoms with E-state index in [2.05, 4.69) is 34.8 Å². The van der Waals surface area contributed by atoms with Gasteiger partial charge in [0.05, 0.1) is 41.2 Å². The summed E-state index contributed by atoms with van der Waals surface area (Å²) in [7, 11) is 0. The normalized spacial score (nSPS) is 11.6. The van der Waals surface area contributed by atoms with E-state index in [4.69, 9.17) is 0 Å². The topological polar surface area (TPSA) is 147 Å². The van der Waals surface area contributed by atoms with Crippen molar-refractivity contribution in [3.8, 4) is 16.9 Å². The molecule has 2 N–H and O–H groups in total. The van der Waals surface area contributed by atoms with Crippen LogP contribution in [0.2, 0.25) is 0 Å². The molecule has 0 fully saturated rings. The van der Waals surface area contributed by atoms with E-state index in [9.17, 15) is 26.7 Å². The smallest absolute Gasteiger partial charge is 0.416 e. The summed E-state index contributed by atoms with van der Waals surface area (Å²) in [5.74, 6) is -0.259. The number of pyridine rings is 1. The number of carbonyl (C=O) groups excluding carboxylic acids is 1. The summed E-state index contributed by atoms with van der Waals surface area (Å²) in [6.45, 7) is 3.69. The number of benzene rings is 3. The van der Waals surface area contributed by atoms with Gasteiger partial charge in [0, 0.05) is 53.0 Å². The number of hydrogen-bond acceptors (Lipinski definition) is 9. The number of carbonyl (C=O) groups is 1. The Kier molecular flexibility index (Phi) is 11.4. The lowest BCUT2D eigenvalue weighted by Crippen LogP contribution is -2.14. The Labute approximate surface area is 287 Å². The number of rotatable bonds is 9. The minimum Gasteiger partial charge on any atom is -0.750 e. The molecule has 15 heteroatoms.